The molecule has 4 heterocycles. The van der Waals surface area contributed by atoms with Crippen LogP contribution in [-0.2, 0) is 4.79 Å². The molecule has 1 aliphatic carbocycles. The number of likely N-dealkylation sites (N-methyl/N-ethyl adjacent to an activating group) is 1. The van der Waals surface area contributed by atoms with Crippen molar-refractivity contribution >= 4 is 23.6 Å². The van der Waals surface area contributed by atoms with Gasteiger partial charge in [-0.1, -0.05) is 19.8 Å². The molecular formula is C21H29N9O2. The van der Waals surface area contributed by atoms with Gasteiger partial charge in [-0.2, -0.15) is 19.5 Å². The largest absolute Gasteiger partial charge is 0.461 e. The van der Waals surface area contributed by atoms with E-state index in [0.29, 0.717) is 23.3 Å². The fraction of sp³-hybridized carbons (Fsp3) is 0.571. The Morgan fingerprint density at radius 3 is 2.69 bits per heavy atom. The van der Waals surface area contributed by atoms with E-state index < -0.39 is 0 Å². The van der Waals surface area contributed by atoms with Gasteiger partial charge >= 0.3 is 0 Å². The molecule has 2 fully saturated rings. The molecule has 170 valence electrons. The van der Waals surface area contributed by atoms with Crippen LogP contribution in [0.1, 0.15) is 32.6 Å². The van der Waals surface area contributed by atoms with Crippen LogP contribution in [0.5, 0.6) is 0 Å². The fourth-order valence-corrected chi connectivity index (χ4v) is 4.67. The Labute approximate surface area is 186 Å². The van der Waals surface area contributed by atoms with Gasteiger partial charge < -0.3 is 25.3 Å². The Balaban J connectivity index is 1.40. The van der Waals surface area contributed by atoms with Crippen LogP contribution in [0.25, 0.3) is 17.4 Å². The van der Waals surface area contributed by atoms with E-state index in [4.69, 9.17) is 10.2 Å². The van der Waals surface area contributed by atoms with Crippen molar-refractivity contribution in [3.63, 3.8) is 0 Å². The predicted octanol–water partition coefficient (Wildman–Crippen LogP) is 1.50. The Kier molecular flexibility index (Phi) is 5.64. The molecular weight excluding hydrogens is 410 g/mol. The number of amides is 1. The number of rotatable bonds is 6. The van der Waals surface area contributed by atoms with Crippen molar-refractivity contribution < 1.29 is 9.21 Å². The van der Waals surface area contributed by atoms with E-state index in [1.54, 1.807) is 18.4 Å². The van der Waals surface area contributed by atoms with E-state index >= 15 is 0 Å². The summed E-state index contributed by atoms with van der Waals surface area (Å²) in [6.45, 7) is 6.47. The Hall–Kier alpha value is -3.21. The lowest BCUT2D eigenvalue weighted by atomic mass is 9.96. The van der Waals surface area contributed by atoms with Crippen molar-refractivity contribution in [2.45, 2.75) is 38.6 Å². The number of carbonyl (C=O) groups excluding carboxylic acids is 1. The zero-order chi connectivity index (χ0) is 22.1. The average Bonchev–Trinajstić information content (AvgIpc) is 3.58. The number of nitrogens with two attached hydrogens (primary N) is 1. The van der Waals surface area contributed by atoms with Gasteiger partial charge in [0, 0.05) is 26.2 Å². The highest BCUT2D eigenvalue weighted by Gasteiger charge is 2.35. The van der Waals surface area contributed by atoms with Gasteiger partial charge in [-0.15, -0.1) is 5.10 Å². The molecule has 0 unspecified atom stereocenters. The van der Waals surface area contributed by atoms with E-state index in [2.05, 4.69) is 37.2 Å². The average molecular weight is 440 g/mol. The maximum Gasteiger partial charge on any atom is 0.259 e. The summed E-state index contributed by atoms with van der Waals surface area (Å²) in [5, 5.41) is 7.64. The smallest absolute Gasteiger partial charge is 0.259 e. The summed E-state index contributed by atoms with van der Waals surface area (Å²) in [7, 11) is 0. The minimum atomic E-state index is -0.375. The zero-order valence-corrected chi connectivity index (χ0v) is 18.3. The number of fused-ring (bicyclic) bond motifs is 1. The molecule has 0 bridgehead atoms. The number of piperazine rings is 1. The summed E-state index contributed by atoms with van der Waals surface area (Å²) in [4.78, 5) is 31.1. The molecule has 0 spiro atoms. The molecule has 1 amide bonds. The normalized spacial score (nSPS) is 19.0. The van der Waals surface area contributed by atoms with Crippen LogP contribution >= 0.6 is 0 Å². The minimum absolute atomic E-state index is 0.118. The Bertz CT molecular complexity index is 1070. The minimum Gasteiger partial charge on any atom is -0.461 e. The molecule has 11 heteroatoms. The van der Waals surface area contributed by atoms with Crippen molar-refractivity contribution in [1.82, 2.24) is 34.4 Å². The predicted molar refractivity (Wildman–Crippen MR) is 119 cm³/mol. The van der Waals surface area contributed by atoms with Crippen molar-refractivity contribution in [2.75, 3.05) is 43.8 Å². The van der Waals surface area contributed by atoms with E-state index in [1.807, 2.05) is 4.90 Å². The van der Waals surface area contributed by atoms with Crippen LogP contribution < -0.4 is 11.1 Å². The van der Waals surface area contributed by atoms with Crippen LogP contribution in [0.2, 0.25) is 0 Å². The summed E-state index contributed by atoms with van der Waals surface area (Å²) in [5.74, 6) is 2.03. The number of nitrogens with one attached hydrogen (secondary N) is 1. The molecule has 1 atom stereocenters. The fourth-order valence-electron chi connectivity index (χ4n) is 4.67. The second kappa shape index (κ2) is 8.73. The van der Waals surface area contributed by atoms with Gasteiger partial charge in [-0.25, -0.2) is 0 Å². The SMILES string of the molecule is CCN1CCN(C(=O)[C@@H](Nc2nc(N)n3nc(-c4ccco4)nc3n2)C2CCCC2)CC1. The summed E-state index contributed by atoms with van der Waals surface area (Å²) >= 11 is 0. The second-order valence-corrected chi connectivity index (χ2v) is 8.46. The molecule has 1 saturated carbocycles. The zero-order valence-electron chi connectivity index (χ0n) is 18.3. The molecule has 3 aromatic rings. The molecule has 11 nitrogen and oxygen atoms in total. The number of carbonyl (C=O) groups is 1. The van der Waals surface area contributed by atoms with Crippen LogP contribution in [0, 0.1) is 5.92 Å². The molecule has 0 aromatic carbocycles. The topological polar surface area (TPSA) is 131 Å². The van der Waals surface area contributed by atoms with E-state index in [-0.39, 0.29) is 23.8 Å². The number of hydrogen-bond donors (Lipinski definition) is 2. The number of nitrogen functional groups attached to an aromatic ring is 1. The Morgan fingerprint density at radius 1 is 1.22 bits per heavy atom. The van der Waals surface area contributed by atoms with Crippen LogP contribution in [0.4, 0.5) is 11.9 Å². The van der Waals surface area contributed by atoms with Gasteiger partial charge in [0.15, 0.2) is 5.76 Å². The third-order valence-corrected chi connectivity index (χ3v) is 6.53. The summed E-state index contributed by atoms with van der Waals surface area (Å²) in [5.41, 5.74) is 6.14. The standard InChI is InChI=1S/C21H29N9O2/c1-2-28-9-11-29(12-10-28)18(31)16(14-6-3-4-7-14)23-20-25-19(22)30-21(26-20)24-17(27-30)15-8-5-13-32-15/h5,8,13-14,16H,2-4,6-7,9-12H2,1H3,(H3,22,23,24,25,26,27)/t16-/m0/s1. The molecule has 5 rings (SSSR count). The van der Waals surface area contributed by atoms with E-state index in [0.717, 1.165) is 58.4 Å². The van der Waals surface area contributed by atoms with Gasteiger partial charge in [0.25, 0.3) is 5.78 Å². The molecule has 0 radical (unpaired) electrons. The van der Waals surface area contributed by atoms with Gasteiger partial charge in [0.05, 0.1) is 6.26 Å². The van der Waals surface area contributed by atoms with Crippen LogP contribution in [-0.4, -0.2) is 79.0 Å². The third-order valence-electron chi connectivity index (χ3n) is 6.53. The van der Waals surface area contributed by atoms with Crippen molar-refractivity contribution in [3.8, 4) is 11.6 Å². The maximum atomic E-state index is 13.5. The van der Waals surface area contributed by atoms with Gasteiger partial charge in [-0.3, -0.25) is 4.79 Å². The number of aromatic nitrogens is 5. The summed E-state index contributed by atoms with van der Waals surface area (Å²) in [6.07, 6.45) is 5.87. The Morgan fingerprint density at radius 2 is 2.00 bits per heavy atom. The first-order chi connectivity index (χ1) is 15.6. The lowest BCUT2D eigenvalue weighted by Crippen LogP contribution is -2.54. The maximum absolute atomic E-state index is 13.5. The van der Waals surface area contributed by atoms with E-state index in [1.165, 1.54) is 4.52 Å². The highest BCUT2D eigenvalue weighted by atomic mass is 16.3. The number of nitrogens with zero attached hydrogens (tertiary/aromatic N) is 7. The lowest BCUT2D eigenvalue weighted by Gasteiger charge is -2.37. The second-order valence-electron chi connectivity index (χ2n) is 8.46. The summed E-state index contributed by atoms with van der Waals surface area (Å²) < 4.78 is 6.74. The van der Waals surface area contributed by atoms with Crippen LogP contribution in [0.3, 0.4) is 0 Å². The summed E-state index contributed by atoms with van der Waals surface area (Å²) in [6, 6.07) is 3.16. The molecule has 1 aliphatic heterocycles. The van der Waals surface area contributed by atoms with Crippen molar-refractivity contribution in [2.24, 2.45) is 5.92 Å². The molecule has 2 aliphatic rings. The first-order valence-electron chi connectivity index (χ1n) is 11.3. The number of anilines is 2. The van der Waals surface area contributed by atoms with Crippen molar-refractivity contribution in [1.29, 1.82) is 0 Å². The first-order valence-corrected chi connectivity index (χ1v) is 11.3. The quantitative estimate of drug-likeness (QED) is 0.586. The number of furan rings is 1. The highest BCUT2D eigenvalue weighted by molar-refractivity contribution is 5.85. The van der Waals surface area contributed by atoms with Gasteiger partial charge in [0.2, 0.25) is 23.6 Å². The van der Waals surface area contributed by atoms with Gasteiger partial charge in [0.1, 0.15) is 6.04 Å². The first kappa shape index (κ1) is 20.7. The molecule has 3 aromatic heterocycles. The highest BCUT2D eigenvalue weighted by Crippen LogP contribution is 2.30. The molecule has 3 N–H and O–H groups in total. The van der Waals surface area contributed by atoms with Crippen LogP contribution in [0.15, 0.2) is 22.8 Å². The molecule has 32 heavy (non-hydrogen) atoms. The van der Waals surface area contributed by atoms with E-state index in [9.17, 15) is 4.79 Å². The molecule has 1 saturated heterocycles. The monoisotopic (exact) mass is 439 g/mol. The lowest BCUT2D eigenvalue weighted by molar-refractivity contribution is -0.134. The number of hydrogen-bond acceptors (Lipinski definition) is 9. The van der Waals surface area contributed by atoms with Gasteiger partial charge in [-0.05, 0) is 37.4 Å². The van der Waals surface area contributed by atoms with Crippen molar-refractivity contribution in [3.05, 3.63) is 18.4 Å². The third kappa shape index (κ3) is 3.99.